The summed E-state index contributed by atoms with van der Waals surface area (Å²) >= 11 is 0. The zero-order valence-corrected chi connectivity index (χ0v) is 11.2. The first-order chi connectivity index (χ1) is 7.90. The zero-order chi connectivity index (χ0) is 11.0. The molecule has 0 unspecified atom stereocenters. The summed E-state index contributed by atoms with van der Waals surface area (Å²) in [5.74, 6) is 0. The molecule has 16 heavy (non-hydrogen) atoms. The number of hydrogen-bond acceptors (Lipinski definition) is 0. The Morgan fingerprint density at radius 3 is 2.62 bits per heavy atom. The molecule has 0 fully saturated rings. The molecule has 0 atom stereocenters. The molecule has 0 bridgehead atoms. The lowest BCUT2D eigenvalue weighted by Crippen LogP contribution is -1.75. The molecule has 1 nitrogen and oxygen atoms in total. The van der Waals surface area contributed by atoms with Crippen LogP contribution in [0.2, 0.25) is 0 Å². The van der Waals surface area contributed by atoms with Crippen molar-refractivity contribution in [3.63, 3.8) is 0 Å². The van der Waals surface area contributed by atoms with Crippen LogP contribution in [0.3, 0.4) is 0 Å². The van der Waals surface area contributed by atoms with Gasteiger partial charge in [-0.15, -0.1) is 5.70 Å². The summed E-state index contributed by atoms with van der Waals surface area (Å²) in [7, 11) is 1.10. The van der Waals surface area contributed by atoms with Crippen molar-refractivity contribution in [3.8, 4) is 0 Å². The molecule has 0 saturated carbocycles. The van der Waals surface area contributed by atoms with Crippen molar-refractivity contribution in [1.29, 1.82) is 0 Å². The summed E-state index contributed by atoms with van der Waals surface area (Å²) in [6.07, 6.45) is 2.20. The first-order valence-electron chi connectivity index (χ1n) is 5.52. The van der Waals surface area contributed by atoms with E-state index in [1.165, 1.54) is 27.4 Å². The third kappa shape index (κ3) is 1.31. The van der Waals surface area contributed by atoms with Gasteiger partial charge in [0.15, 0.2) is 0 Å². The van der Waals surface area contributed by atoms with Crippen LogP contribution in [0.1, 0.15) is 5.56 Å². The minimum absolute atomic E-state index is 1.10. The lowest BCUT2D eigenvalue weighted by Gasteiger charge is -1.95. The fraction of sp³-hybridized carbons (Fsp3) is 0. The number of para-hydroxylation sites is 2. The van der Waals surface area contributed by atoms with Gasteiger partial charge in [0.2, 0.25) is 0 Å². The van der Waals surface area contributed by atoms with Gasteiger partial charge in [0, 0.05) is 26.5 Å². The van der Waals surface area contributed by atoms with Crippen molar-refractivity contribution < 1.29 is 0 Å². The zero-order valence-electron chi connectivity index (χ0n) is 9.20. The highest BCUT2D eigenvalue weighted by Crippen LogP contribution is 2.27. The average molecular weight is 223 g/mol. The molecule has 0 saturated heterocycles. The molecule has 3 rings (SSSR count). The first-order valence-corrected chi connectivity index (χ1v) is 6.68. The monoisotopic (exact) mass is 223 g/mol. The number of H-pyrrole nitrogens is 1. The fourth-order valence-corrected chi connectivity index (χ4v) is 2.57. The SMILES string of the molecule is [SiH3]C=Cc1cccc2c1[nH]c1ccccc12. The summed E-state index contributed by atoms with van der Waals surface area (Å²) in [6.45, 7) is 0. The van der Waals surface area contributed by atoms with E-state index in [4.69, 9.17) is 0 Å². The average Bonchev–Trinajstić information content (AvgIpc) is 2.69. The van der Waals surface area contributed by atoms with E-state index in [1.54, 1.807) is 0 Å². The minimum atomic E-state index is 1.10. The van der Waals surface area contributed by atoms with E-state index in [0.717, 1.165) is 10.2 Å². The van der Waals surface area contributed by atoms with E-state index in [9.17, 15) is 0 Å². The maximum atomic E-state index is 3.50. The molecule has 2 heteroatoms. The molecule has 0 amide bonds. The molecular formula is C14H13NSi. The van der Waals surface area contributed by atoms with Crippen molar-refractivity contribution in [3.05, 3.63) is 53.7 Å². The molecule has 0 aliphatic carbocycles. The highest BCUT2D eigenvalue weighted by atomic mass is 28.1. The second-order valence-electron chi connectivity index (χ2n) is 3.94. The van der Waals surface area contributed by atoms with Gasteiger partial charge in [-0.3, -0.25) is 0 Å². The number of aromatic nitrogens is 1. The quantitative estimate of drug-likeness (QED) is 0.610. The van der Waals surface area contributed by atoms with Gasteiger partial charge < -0.3 is 4.98 Å². The Kier molecular flexibility index (Phi) is 2.15. The maximum Gasteiger partial charge on any atom is 0.0538 e. The largest absolute Gasteiger partial charge is 0.354 e. The fourth-order valence-electron chi connectivity index (χ4n) is 2.21. The molecule has 1 N–H and O–H groups in total. The van der Waals surface area contributed by atoms with Crippen molar-refractivity contribution in [2.24, 2.45) is 0 Å². The lowest BCUT2D eigenvalue weighted by atomic mass is 10.1. The Bertz CT molecular complexity index is 679. The van der Waals surface area contributed by atoms with Gasteiger partial charge in [-0.25, -0.2) is 0 Å². The summed E-state index contributed by atoms with van der Waals surface area (Å²) in [4.78, 5) is 3.50. The molecule has 0 aliphatic heterocycles. The number of fused-ring (bicyclic) bond motifs is 3. The molecule has 1 heterocycles. The molecule has 1 aromatic heterocycles. The minimum Gasteiger partial charge on any atom is -0.354 e. The van der Waals surface area contributed by atoms with E-state index in [-0.39, 0.29) is 0 Å². The standard InChI is InChI=1S/C14H13NSi/c16-9-8-10-4-3-6-12-11-5-1-2-7-13(11)15-14(10)12/h1-9,15H,16H3. The predicted octanol–water partition coefficient (Wildman–Crippen LogP) is 2.66. The number of nitrogens with one attached hydrogen (secondary N) is 1. The van der Waals surface area contributed by atoms with Crippen LogP contribution in [0.4, 0.5) is 0 Å². The van der Waals surface area contributed by atoms with E-state index >= 15 is 0 Å². The Labute approximate surface area is 97.2 Å². The van der Waals surface area contributed by atoms with E-state index in [2.05, 4.69) is 59.2 Å². The van der Waals surface area contributed by atoms with Gasteiger partial charge in [-0.2, -0.15) is 0 Å². The van der Waals surface area contributed by atoms with Gasteiger partial charge in [0.25, 0.3) is 0 Å². The van der Waals surface area contributed by atoms with Gasteiger partial charge >= 0.3 is 0 Å². The third-order valence-corrected chi connectivity index (χ3v) is 3.25. The van der Waals surface area contributed by atoms with Crippen molar-refractivity contribution >= 4 is 38.1 Å². The van der Waals surface area contributed by atoms with Crippen LogP contribution in [-0.2, 0) is 0 Å². The van der Waals surface area contributed by atoms with Crippen LogP contribution in [0, 0.1) is 0 Å². The third-order valence-electron chi connectivity index (χ3n) is 2.92. The number of benzene rings is 2. The smallest absolute Gasteiger partial charge is 0.0538 e. The van der Waals surface area contributed by atoms with Crippen molar-refractivity contribution in [2.45, 2.75) is 0 Å². The summed E-state index contributed by atoms with van der Waals surface area (Å²) in [6, 6.07) is 14.9. The van der Waals surface area contributed by atoms with E-state index < -0.39 is 0 Å². The summed E-state index contributed by atoms with van der Waals surface area (Å²) in [5.41, 5.74) is 5.95. The molecule has 3 aromatic rings. The maximum absolute atomic E-state index is 3.50. The van der Waals surface area contributed by atoms with Crippen molar-refractivity contribution in [2.75, 3.05) is 0 Å². The summed E-state index contributed by atoms with van der Waals surface area (Å²) < 4.78 is 0. The highest BCUT2D eigenvalue weighted by Gasteiger charge is 2.04. The topological polar surface area (TPSA) is 15.8 Å². The van der Waals surface area contributed by atoms with Gasteiger partial charge in [0.1, 0.15) is 0 Å². The Hall–Kier alpha value is -1.80. The second kappa shape index (κ2) is 3.65. The molecular weight excluding hydrogens is 210 g/mol. The molecule has 78 valence electrons. The molecule has 0 spiro atoms. The van der Waals surface area contributed by atoms with Crippen LogP contribution < -0.4 is 0 Å². The lowest BCUT2D eigenvalue weighted by molar-refractivity contribution is 1.53. The van der Waals surface area contributed by atoms with Crippen LogP contribution in [-0.4, -0.2) is 15.2 Å². The van der Waals surface area contributed by atoms with Gasteiger partial charge in [-0.05, 0) is 11.6 Å². The molecule has 0 radical (unpaired) electrons. The van der Waals surface area contributed by atoms with Crippen LogP contribution in [0.5, 0.6) is 0 Å². The van der Waals surface area contributed by atoms with Gasteiger partial charge in [-0.1, -0.05) is 42.5 Å². The number of rotatable bonds is 1. The van der Waals surface area contributed by atoms with Crippen LogP contribution >= 0.6 is 0 Å². The highest BCUT2D eigenvalue weighted by molar-refractivity contribution is 6.20. The molecule has 0 aliphatic rings. The van der Waals surface area contributed by atoms with Crippen LogP contribution in [0.25, 0.3) is 27.9 Å². The van der Waals surface area contributed by atoms with Gasteiger partial charge in [0.05, 0.1) is 5.52 Å². The second-order valence-corrected chi connectivity index (χ2v) is 4.61. The van der Waals surface area contributed by atoms with Crippen LogP contribution in [0.15, 0.2) is 48.2 Å². The molecule has 2 aromatic carbocycles. The number of aromatic amines is 1. The van der Waals surface area contributed by atoms with Crippen molar-refractivity contribution in [1.82, 2.24) is 4.98 Å². The van der Waals surface area contributed by atoms with E-state index in [1.807, 2.05) is 0 Å². The normalized spacial score (nSPS) is 12.0. The Morgan fingerprint density at radius 1 is 0.938 bits per heavy atom. The first kappa shape index (κ1) is 9.42. The summed E-state index contributed by atoms with van der Waals surface area (Å²) in [5, 5.41) is 2.62. The predicted molar refractivity (Wildman–Crippen MR) is 74.8 cm³/mol. The number of hydrogen-bond donors (Lipinski definition) is 1. The Morgan fingerprint density at radius 2 is 1.75 bits per heavy atom. The van der Waals surface area contributed by atoms with E-state index in [0.29, 0.717) is 0 Å². The Balaban J connectivity index is 2.48.